The van der Waals surface area contributed by atoms with Crippen molar-refractivity contribution in [1.82, 2.24) is 4.98 Å². The molecule has 3 rings (SSSR count). The van der Waals surface area contributed by atoms with Crippen LogP contribution in [0.25, 0.3) is 21.5 Å². The highest BCUT2D eigenvalue weighted by Gasteiger charge is 2.16. The number of nitro groups is 1. The van der Waals surface area contributed by atoms with E-state index in [9.17, 15) is 20.5 Å². The topological polar surface area (TPSA) is 100 Å². The van der Waals surface area contributed by atoms with Gasteiger partial charge in [0.1, 0.15) is 22.4 Å². The number of nitrogens with zero attached hydrogens (tertiary/aromatic N) is 3. The van der Waals surface area contributed by atoms with Gasteiger partial charge in [-0.05, 0) is 24.3 Å². The minimum atomic E-state index is -0.525. The van der Waals surface area contributed by atoms with Crippen molar-refractivity contribution in [2.45, 2.75) is 0 Å². The van der Waals surface area contributed by atoms with Crippen LogP contribution in [0.1, 0.15) is 10.6 Å². The number of non-ortho nitro benzene ring substituents is 1. The van der Waals surface area contributed by atoms with Gasteiger partial charge in [0.15, 0.2) is 0 Å². The number of nitriles is 1. The number of allylic oxidation sites excluding steroid dienone is 1. The number of hydrogen-bond acceptors (Lipinski definition) is 6. The zero-order valence-corrected chi connectivity index (χ0v) is 12.4. The van der Waals surface area contributed by atoms with E-state index in [1.807, 2.05) is 30.3 Å². The lowest BCUT2D eigenvalue weighted by Crippen LogP contribution is -1.92. The van der Waals surface area contributed by atoms with Gasteiger partial charge in [-0.15, -0.1) is 11.3 Å². The first-order chi connectivity index (χ1) is 11.1. The van der Waals surface area contributed by atoms with Crippen molar-refractivity contribution in [3.8, 4) is 6.07 Å². The van der Waals surface area contributed by atoms with E-state index < -0.39 is 4.92 Å². The van der Waals surface area contributed by atoms with Crippen molar-refractivity contribution in [2.24, 2.45) is 0 Å². The summed E-state index contributed by atoms with van der Waals surface area (Å²) in [5, 5.41) is 30.8. The summed E-state index contributed by atoms with van der Waals surface area (Å²) in [6, 6.07) is 14.7. The van der Waals surface area contributed by atoms with E-state index in [0.717, 1.165) is 10.2 Å². The first-order valence-electron chi connectivity index (χ1n) is 6.54. The highest BCUT2D eigenvalue weighted by atomic mass is 32.1. The van der Waals surface area contributed by atoms with Crippen LogP contribution in [0.4, 0.5) is 5.69 Å². The number of aromatic nitrogens is 1. The summed E-state index contributed by atoms with van der Waals surface area (Å²) >= 11 is 1.30. The molecule has 0 aliphatic carbocycles. The van der Waals surface area contributed by atoms with Crippen LogP contribution in [-0.2, 0) is 0 Å². The molecule has 0 radical (unpaired) electrons. The number of para-hydroxylation sites is 1. The van der Waals surface area contributed by atoms with Gasteiger partial charge < -0.3 is 5.11 Å². The van der Waals surface area contributed by atoms with Crippen molar-refractivity contribution in [3.05, 3.63) is 69.2 Å². The molecule has 1 aromatic heterocycles. The zero-order chi connectivity index (χ0) is 16.4. The Bertz CT molecular complexity index is 935. The second kappa shape index (κ2) is 5.87. The molecule has 1 N–H and O–H groups in total. The molecule has 1 heterocycles. The fraction of sp³-hybridized carbons (Fsp3) is 0. The number of rotatable bonds is 3. The van der Waals surface area contributed by atoms with Crippen LogP contribution in [0.15, 0.2) is 48.5 Å². The van der Waals surface area contributed by atoms with Crippen molar-refractivity contribution in [3.63, 3.8) is 0 Å². The van der Waals surface area contributed by atoms with E-state index in [2.05, 4.69) is 4.98 Å². The summed E-state index contributed by atoms with van der Waals surface area (Å²) in [5.74, 6) is -0.249. The largest absolute Gasteiger partial charge is 0.506 e. The Morgan fingerprint density at radius 3 is 2.52 bits per heavy atom. The minimum absolute atomic E-state index is 0.0417. The van der Waals surface area contributed by atoms with Gasteiger partial charge >= 0.3 is 0 Å². The SMILES string of the molecule is N#CC(=C(O)c1ccc([N+](=O)[O-])cc1)c1nc2ccccc2s1. The summed E-state index contributed by atoms with van der Waals surface area (Å²) in [7, 11) is 0. The van der Waals surface area contributed by atoms with Gasteiger partial charge in [0.05, 0.1) is 15.1 Å². The number of hydrogen-bond donors (Lipinski definition) is 1. The molecule has 23 heavy (non-hydrogen) atoms. The van der Waals surface area contributed by atoms with Crippen LogP contribution < -0.4 is 0 Å². The van der Waals surface area contributed by atoms with Gasteiger partial charge in [-0.25, -0.2) is 4.98 Å². The number of nitro benzene ring substituents is 1. The lowest BCUT2D eigenvalue weighted by Gasteiger charge is -2.02. The standard InChI is InChI=1S/C16H9N3O3S/c17-9-12(16-18-13-3-1-2-4-14(13)23-16)15(20)10-5-7-11(8-6-10)19(21)22/h1-8,20H. The third-order valence-corrected chi connectivity index (χ3v) is 4.26. The van der Waals surface area contributed by atoms with Crippen molar-refractivity contribution in [2.75, 3.05) is 0 Å². The average molecular weight is 323 g/mol. The second-order valence-electron chi connectivity index (χ2n) is 4.63. The Balaban J connectivity index is 2.08. The van der Waals surface area contributed by atoms with Crippen molar-refractivity contribution >= 4 is 38.6 Å². The molecule has 0 saturated carbocycles. The van der Waals surface area contributed by atoms with Crippen LogP contribution in [0.5, 0.6) is 0 Å². The van der Waals surface area contributed by atoms with E-state index >= 15 is 0 Å². The maximum Gasteiger partial charge on any atom is 0.269 e. The third kappa shape index (κ3) is 2.75. The van der Waals surface area contributed by atoms with Crippen LogP contribution in [0.2, 0.25) is 0 Å². The monoisotopic (exact) mass is 323 g/mol. The van der Waals surface area contributed by atoms with Crippen molar-refractivity contribution < 1.29 is 10.0 Å². The van der Waals surface area contributed by atoms with Crippen LogP contribution >= 0.6 is 11.3 Å². The molecule has 0 fully saturated rings. The zero-order valence-electron chi connectivity index (χ0n) is 11.6. The van der Waals surface area contributed by atoms with Crippen LogP contribution in [0.3, 0.4) is 0 Å². The van der Waals surface area contributed by atoms with E-state index in [4.69, 9.17) is 0 Å². The molecule has 7 heteroatoms. The Morgan fingerprint density at radius 2 is 1.91 bits per heavy atom. The molecule has 0 saturated heterocycles. The molecule has 0 unspecified atom stereocenters. The fourth-order valence-electron chi connectivity index (χ4n) is 2.07. The highest BCUT2D eigenvalue weighted by Crippen LogP contribution is 2.31. The molecule has 0 spiro atoms. The van der Waals surface area contributed by atoms with Gasteiger partial charge in [-0.1, -0.05) is 12.1 Å². The number of aliphatic hydroxyl groups is 1. The Labute approximate surface area is 134 Å². The summed E-state index contributed by atoms with van der Waals surface area (Å²) < 4.78 is 0.909. The normalized spacial score (nSPS) is 11.8. The Kier molecular flexibility index (Phi) is 3.75. The minimum Gasteiger partial charge on any atom is -0.506 e. The quantitative estimate of drug-likeness (QED) is 0.338. The molecule has 0 aliphatic heterocycles. The van der Waals surface area contributed by atoms with E-state index in [-0.39, 0.29) is 17.0 Å². The molecular weight excluding hydrogens is 314 g/mol. The second-order valence-corrected chi connectivity index (χ2v) is 5.66. The lowest BCUT2D eigenvalue weighted by atomic mass is 10.1. The highest BCUT2D eigenvalue weighted by molar-refractivity contribution is 7.19. The Hall–Kier alpha value is -3.24. The number of fused-ring (bicyclic) bond motifs is 1. The first-order valence-corrected chi connectivity index (χ1v) is 7.36. The number of aliphatic hydroxyl groups excluding tert-OH is 1. The summed E-state index contributed by atoms with van der Waals surface area (Å²) in [6.07, 6.45) is 0. The van der Waals surface area contributed by atoms with Gasteiger partial charge in [-0.3, -0.25) is 10.1 Å². The van der Waals surface area contributed by atoms with E-state index in [1.165, 1.54) is 35.6 Å². The predicted molar refractivity (Wildman–Crippen MR) is 87.8 cm³/mol. The van der Waals surface area contributed by atoms with Gasteiger partial charge in [0, 0.05) is 17.7 Å². The van der Waals surface area contributed by atoms with E-state index in [1.54, 1.807) is 0 Å². The van der Waals surface area contributed by atoms with Crippen LogP contribution in [-0.4, -0.2) is 15.0 Å². The number of thiazole rings is 1. The van der Waals surface area contributed by atoms with Gasteiger partial charge in [-0.2, -0.15) is 5.26 Å². The lowest BCUT2D eigenvalue weighted by molar-refractivity contribution is -0.384. The van der Waals surface area contributed by atoms with Gasteiger partial charge in [0.25, 0.3) is 5.69 Å². The molecule has 2 aromatic carbocycles. The molecule has 0 atom stereocenters. The molecule has 6 nitrogen and oxygen atoms in total. The maximum absolute atomic E-state index is 10.7. The fourth-order valence-corrected chi connectivity index (χ4v) is 3.03. The van der Waals surface area contributed by atoms with E-state index in [0.29, 0.717) is 10.6 Å². The maximum atomic E-state index is 10.7. The molecular formula is C16H9N3O3S. The molecule has 0 bridgehead atoms. The predicted octanol–water partition coefficient (Wildman–Crippen LogP) is 4.15. The van der Waals surface area contributed by atoms with Crippen LogP contribution in [0, 0.1) is 21.4 Å². The van der Waals surface area contributed by atoms with Gasteiger partial charge in [0.2, 0.25) is 0 Å². The molecule has 0 aliphatic rings. The first kappa shape index (κ1) is 14.7. The summed E-state index contributed by atoms with van der Waals surface area (Å²) in [4.78, 5) is 14.5. The average Bonchev–Trinajstić information content (AvgIpc) is 2.99. The summed E-state index contributed by atoms with van der Waals surface area (Å²) in [6.45, 7) is 0. The molecule has 3 aromatic rings. The molecule has 0 amide bonds. The smallest absolute Gasteiger partial charge is 0.269 e. The molecule has 112 valence electrons. The Morgan fingerprint density at radius 1 is 1.22 bits per heavy atom. The van der Waals surface area contributed by atoms with Crippen molar-refractivity contribution in [1.29, 1.82) is 5.26 Å². The summed E-state index contributed by atoms with van der Waals surface area (Å²) in [5.41, 5.74) is 1.03. The number of benzene rings is 2. The third-order valence-electron chi connectivity index (χ3n) is 3.21.